The molecule has 1 rings (SSSR count). The summed E-state index contributed by atoms with van der Waals surface area (Å²) in [6.07, 6.45) is 10.3. The second-order valence-corrected chi connectivity index (χ2v) is 10.0. The van der Waals surface area contributed by atoms with E-state index in [4.69, 9.17) is 9.84 Å². The van der Waals surface area contributed by atoms with E-state index in [1.807, 2.05) is 6.92 Å². The fourth-order valence-corrected chi connectivity index (χ4v) is 3.74. The average Bonchev–Trinajstić information content (AvgIpc) is 2.96. The summed E-state index contributed by atoms with van der Waals surface area (Å²) in [5, 5.41) is 19.0. The number of carboxylic acids is 1. The lowest BCUT2D eigenvalue weighted by Crippen LogP contribution is -2.23. The number of aromatic hydroxyl groups is 1. The topological polar surface area (TPSA) is 93.7 Å². The molecule has 0 unspecified atom stereocenters. The third kappa shape index (κ3) is 9.93. The highest BCUT2D eigenvalue weighted by Crippen LogP contribution is 2.30. The van der Waals surface area contributed by atoms with Gasteiger partial charge in [-0.15, -0.1) is 0 Å². The Morgan fingerprint density at radius 2 is 1.52 bits per heavy atom. The molecule has 0 aromatic carbocycles. The number of unbranched alkanes of at least 4 members (excludes halogenated alkanes) is 3. The zero-order valence-corrected chi connectivity index (χ0v) is 20.3. The van der Waals surface area contributed by atoms with Crippen molar-refractivity contribution < 1.29 is 19.7 Å². The van der Waals surface area contributed by atoms with Crippen LogP contribution in [0.1, 0.15) is 92.4 Å². The van der Waals surface area contributed by atoms with Crippen LogP contribution in [0, 0.1) is 10.8 Å². The van der Waals surface area contributed by atoms with Gasteiger partial charge in [-0.05, 0) is 64.7 Å². The maximum Gasteiger partial charge on any atom is 0.331 e. The quantitative estimate of drug-likeness (QED) is 0.331. The summed E-state index contributed by atoms with van der Waals surface area (Å²) >= 11 is 0. The van der Waals surface area contributed by atoms with Crippen LogP contribution in [0.15, 0.2) is 11.0 Å². The molecule has 0 aliphatic heterocycles. The van der Waals surface area contributed by atoms with Crippen molar-refractivity contribution in [2.45, 2.75) is 105 Å². The fraction of sp³-hybridized carbons (Fsp3) is 0.833. The van der Waals surface area contributed by atoms with E-state index >= 15 is 0 Å². The predicted molar refractivity (Wildman–Crippen MR) is 124 cm³/mol. The first-order chi connectivity index (χ1) is 14.5. The number of carboxylic acid groups (broad SMARTS) is 1. The van der Waals surface area contributed by atoms with Crippen molar-refractivity contribution in [3.05, 3.63) is 16.7 Å². The minimum absolute atomic E-state index is 0.0525. The molecule has 0 radical (unpaired) electrons. The van der Waals surface area contributed by atoms with E-state index in [0.29, 0.717) is 26.1 Å². The summed E-state index contributed by atoms with van der Waals surface area (Å²) in [7, 11) is 0. The lowest BCUT2D eigenvalue weighted by molar-refractivity contribution is -0.147. The Morgan fingerprint density at radius 1 is 0.968 bits per heavy atom. The number of imidazole rings is 1. The molecule has 0 atom stereocenters. The van der Waals surface area contributed by atoms with Gasteiger partial charge in [0, 0.05) is 26.3 Å². The van der Waals surface area contributed by atoms with Crippen molar-refractivity contribution in [1.82, 2.24) is 9.13 Å². The highest BCUT2D eigenvalue weighted by molar-refractivity contribution is 5.73. The van der Waals surface area contributed by atoms with Crippen molar-refractivity contribution in [1.29, 1.82) is 0 Å². The molecule has 0 aliphatic rings. The van der Waals surface area contributed by atoms with Gasteiger partial charge in [-0.3, -0.25) is 13.9 Å². The van der Waals surface area contributed by atoms with E-state index in [-0.39, 0.29) is 17.0 Å². The molecule has 2 N–H and O–H groups in total. The van der Waals surface area contributed by atoms with Gasteiger partial charge in [0.25, 0.3) is 0 Å². The molecule has 0 aliphatic carbocycles. The van der Waals surface area contributed by atoms with E-state index in [0.717, 1.165) is 58.0 Å². The van der Waals surface area contributed by atoms with E-state index < -0.39 is 11.4 Å². The average molecular weight is 441 g/mol. The Kier molecular flexibility index (Phi) is 11.4. The number of aryl methyl sites for hydroxylation is 1. The van der Waals surface area contributed by atoms with Crippen LogP contribution >= 0.6 is 0 Å². The Morgan fingerprint density at radius 3 is 2.03 bits per heavy atom. The second-order valence-electron chi connectivity index (χ2n) is 10.0. The molecule has 0 fully saturated rings. The Balaban J connectivity index is 2.10. The zero-order chi connectivity index (χ0) is 23.5. The molecule has 1 aromatic rings. The smallest absolute Gasteiger partial charge is 0.331 e. The highest BCUT2D eigenvalue weighted by Gasteiger charge is 2.26. The fourth-order valence-electron chi connectivity index (χ4n) is 3.74. The summed E-state index contributed by atoms with van der Waals surface area (Å²) < 4.78 is 8.68. The number of aromatic nitrogens is 2. The minimum atomic E-state index is -0.737. The van der Waals surface area contributed by atoms with Crippen molar-refractivity contribution in [3.63, 3.8) is 0 Å². The van der Waals surface area contributed by atoms with E-state index in [1.54, 1.807) is 13.8 Å². The standard InChI is InChI=1S/C24H44N2O5/c1-6-25-19-20(27)26(22(25)30)16-10-7-13-23(2,3)14-8-11-17-31-18-12-9-15-24(4,5)21(28)29/h19,27H,6-18H2,1-5H3,(H,28,29). The SMILES string of the molecule is CCn1cc(O)n(CCCCC(C)(C)CCCCOCCCCC(C)(C)C(=O)O)c1=O. The first-order valence-electron chi connectivity index (χ1n) is 11.8. The summed E-state index contributed by atoms with van der Waals surface area (Å²) in [5.41, 5.74) is -0.530. The summed E-state index contributed by atoms with van der Waals surface area (Å²) in [4.78, 5) is 23.2. The maximum atomic E-state index is 12.1. The lowest BCUT2D eigenvalue weighted by atomic mass is 9.82. The molecule has 1 heterocycles. The summed E-state index contributed by atoms with van der Waals surface area (Å²) in [5.74, 6) is -0.685. The van der Waals surface area contributed by atoms with Crippen molar-refractivity contribution in [2.75, 3.05) is 13.2 Å². The molecule has 7 heteroatoms. The van der Waals surface area contributed by atoms with Gasteiger partial charge in [-0.25, -0.2) is 4.79 Å². The number of carbonyl (C=O) groups is 1. The molecule has 0 amide bonds. The normalized spacial score (nSPS) is 12.4. The van der Waals surface area contributed by atoms with Gasteiger partial charge in [0.1, 0.15) is 0 Å². The third-order valence-electron chi connectivity index (χ3n) is 6.16. The van der Waals surface area contributed by atoms with Gasteiger partial charge in [-0.2, -0.15) is 0 Å². The van der Waals surface area contributed by atoms with Crippen LogP contribution in [0.3, 0.4) is 0 Å². The van der Waals surface area contributed by atoms with Crippen LogP contribution in [0.5, 0.6) is 5.88 Å². The molecular formula is C24H44N2O5. The number of nitrogens with zero attached hydrogens (tertiary/aromatic N) is 2. The van der Waals surface area contributed by atoms with Crippen LogP contribution in [0.2, 0.25) is 0 Å². The van der Waals surface area contributed by atoms with Gasteiger partial charge in [0.2, 0.25) is 5.88 Å². The number of hydrogen-bond acceptors (Lipinski definition) is 4. The van der Waals surface area contributed by atoms with Gasteiger partial charge in [0.15, 0.2) is 0 Å². The van der Waals surface area contributed by atoms with Crippen LogP contribution in [0.25, 0.3) is 0 Å². The molecule has 180 valence electrons. The molecule has 1 aromatic heterocycles. The predicted octanol–water partition coefficient (Wildman–Crippen LogP) is 5.04. The van der Waals surface area contributed by atoms with Crippen molar-refractivity contribution >= 4 is 5.97 Å². The number of aliphatic carboxylic acids is 1. The van der Waals surface area contributed by atoms with Crippen LogP contribution < -0.4 is 5.69 Å². The number of ether oxygens (including phenoxy) is 1. The second kappa shape index (κ2) is 12.9. The number of hydrogen-bond donors (Lipinski definition) is 2. The van der Waals surface area contributed by atoms with Gasteiger partial charge < -0.3 is 14.9 Å². The monoisotopic (exact) mass is 440 g/mol. The van der Waals surface area contributed by atoms with Gasteiger partial charge in [-0.1, -0.05) is 33.1 Å². The van der Waals surface area contributed by atoms with Crippen LogP contribution in [-0.4, -0.2) is 38.5 Å². The Bertz CT molecular complexity index is 718. The van der Waals surface area contributed by atoms with Crippen LogP contribution in [-0.2, 0) is 22.6 Å². The Hall–Kier alpha value is -1.76. The van der Waals surface area contributed by atoms with Crippen molar-refractivity contribution in [3.8, 4) is 5.88 Å². The number of rotatable bonds is 17. The largest absolute Gasteiger partial charge is 0.493 e. The molecule has 0 saturated heterocycles. The van der Waals surface area contributed by atoms with Crippen molar-refractivity contribution in [2.24, 2.45) is 10.8 Å². The zero-order valence-electron chi connectivity index (χ0n) is 20.3. The lowest BCUT2D eigenvalue weighted by Gasteiger charge is -2.24. The molecule has 0 bridgehead atoms. The minimum Gasteiger partial charge on any atom is -0.493 e. The Labute approximate surface area is 187 Å². The molecule has 31 heavy (non-hydrogen) atoms. The van der Waals surface area contributed by atoms with Gasteiger partial charge >= 0.3 is 11.7 Å². The first kappa shape index (κ1) is 27.3. The van der Waals surface area contributed by atoms with Gasteiger partial charge in [0.05, 0.1) is 11.6 Å². The van der Waals surface area contributed by atoms with E-state index in [1.165, 1.54) is 15.3 Å². The van der Waals surface area contributed by atoms with Crippen LogP contribution in [0.4, 0.5) is 0 Å². The first-order valence-corrected chi connectivity index (χ1v) is 11.8. The van der Waals surface area contributed by atoms with E-state index in [9.17, 15) is 14.7 Å². The molecular weight excluding hydrogens is 396 g/mol. The maximum absolute atomic E-state index is 12.1. The molecule has 7 nitrogen and oxygen atoms in total. The highest BCUT2D eigenvalue weighted by atomic mass is 16.5. The summed E-state index contributed by atoms with van der Waals surface area (Å²) in [6, 6.07) is 0. The molecule has 0 saturated carbocycles. The third-order valence-corrected chi connectivity index (χ3v) is 6.16. The molecule has 0 spiro atoms. The van der Waals surface area contributed by atoms with E-state index in [2.05, 4.69) is 13.8 Å². The summed E-state index contributed by atoms with van der Waals surface area (Å²) in [6.45, 7) is 12.6.